The zero-order valence-electron chi connectivity index (χ0n) is 13.3. The third-order valence-corrected chi connectivity index (χ3v) is 5.04. The number of fused-ring (bicyclic) bond motifs is 2. The molecule has 2 unspecified atom stereocenters. The van der Waals surface area contributed by atoms with Gasteiger partial charge in [0.2, 0.25) is 0 Å². The van der Waals surface area contributed by atoms with Crippen LogP contribution in [-0.2, 0) is 0 Å². The number of halogens is 1. The number of piperidine rings is 1. The quantitative estimate of drug-likeness (QED) is 0.885. The molecule has 3 saturated heterocycles. The molecular formula is C16H24ClN5O. The molecule has 0 radical (unpaired) electrons. The molecule has 1 aromatic heterocycles. The fraction of sp³-hybridized carbons (Fsp3) is 0.688. The number of rotatable bonds is 2. The van der Waals surface area contributed by atoms with Gasteiger partial charge in [0, 0.05) is 38.3 Å². The van der Waals surface area contributed by atoms with Crippen LogP contribution in [0.15, 0.2) is 12.1 Å². The summed E-state index contributed by atoms with van der Waals surface area (Å²) in [6, 6.07) is 4.68. The van der Waals surface area contributed by atoms with Crippen molar-refractivity contribution in [2.45, 2.75) is 44.2 Å². The number of carbonyl (C=O) groups is 1. The van der Waals surface area contributed by atoms with Crippen LogP contribution in [0.1, 0.15) is 42.6 Å². The summed E-state index contributed by atoms with van der Waals surface area (Å²) in [6.07, 6.45) is 6.03. The number of likely N-dealkylation sites (tertiary alicyclic amines) is 1. The molecule has 6 nitrogen and oxygen atoms in total. The van der Waals surface area contributed by atoms with E-state index in [2.05, 4.69) is 20.4 Å². The highest BCUT2D eigenvalue weighted by Gasteiger charge is 2.32. The summed E-state index contributed by atoms with van der Waals surface area (Å²) in [5.74, 6) is 0.921. The first kappa shape index (κ1) is 16.5. The largest absolute Gasteiger partial charge is 0.355 e. The Morgan fingerprint density at radius 2 is 1.74 bits per heavy atom. The molecule has 3 aliphatic rings. The number of nitrogens with one attached hydrogen (secondary N) is 1. The first-order valence-electron chi connectivity index (χ1n) is 8.43. The Morgan fingerprint density at radius 1 is 1.04 bits per heavy atom. The summed E-state index contributed by atoms with van der Waals surface area (Å²) in [5, 5.41) is 12.0. The second kappa shape index (κ2) is 7.01. The van der Waals surface area contributed by atoms with Crippen LogP contribution in [0.5, 0.6) is 0 Å². The molecule has 0 aliphatic carbocycles. The van der Waals surface area contributed by atoms with Crippen molar-refractivity contribution in [1.29, 1.82) is 0 Å². The minimum atomic E-state index is 0. The standard InChI is InChI=1S/C16H23N5O.ClH/c22-16(21-10-12-4-3-5-13(11-21)17-12)14-6-7-15(19-18-14)20-8-1-2-9-20;/h6-7,12-13,17H,1-5,8-11H2;1H. The van der Waals surface area contributed by atoms with Crippen LogP contribution < -0.4 is 10.2 Å². The number of hydrogen-bond acceptors (Lipinski definition) is 5. The average Bonchev–Trinajstić information content (AvgIpc) is 3.08. The Morgan fingerprint density at radius 3 is 2.35 bits per heavy atom. The lowest BCUT2D eigenvalue weighted by Crippen LogP contribution is -2.60. The van der Waals surface area contributed by atoms with Crippen LogP contribution in [0, 0.1) is 0 Å². The van der Waals surface area contributed by atoms with Crippen molar-refractivity contribution in [3.63, 3.8) is 0 Å². The summed E-state index contributed by atoms with van der Waals surface area (Å²) in [7, 11) is 0. The van der Waals surface area contributed by atoms with E-state index in [0.29, 0.717) is 17.8 Å². The van der Waals surface area contributed by atoms with Gasteiger partial charge >= 0.3 is 0 Å². The highest BCUT2D eigenvalue weighted by Crippen LogP contribution is 2.21. The van der Waals surface area contributed by atoms with Gasteiger partial charge in [-0.3, -0.25) is 4.79 Å². The fourth-order valence-corrected chi connectivity index (χ4v) is 3.89. The predicted octanol–water partition coefficient (Wildman–Crippen LogP) is 1.47. The normalized spacial score (nSPS) is 26.8. The second-order valence-corrected chi connectivity index (χ2v) is 6.67. The van der Waals surface area contributed by atoms with Crippen molar-refractivity contribution in [2.75, 3.05) is 31.1 Å². The number of aromatic nitrogens is 2. The van der Waals surface area contributed by atoms with Gasteiger partial charge in [-0.1, -0.05) is 6.42 Å². The van der Waals surface area contributed by atoms with Crippen molar-refractivity contribution in [3.8, 4) is 0 Å². The smallest absolute Gasteiger partial charge is 0.274 e. The first-order chi connectivity index (χ1) is 10.8. The first-order valence-corrected chi connectivity index (χ1v) is 8.43. The number of hydrogen-bond donors (Lipinski definition) is 1. The SMILES string of the molecule is Cl.O=C(c1ccc(N2CCCC2)nn1)N1CC2CCCC(C1)N2. The van der Waals surface area contributed by atoms with E-state index in [9.17, 15) is 4.79 Å². The topological polar surface area (TPSA) is 61.4 Å². The highest BCUT2D eigenvalue weighted by molar-refractivity contribution is 5.92. The number of piperazine rings is 1. The molecule has 1 N–H and O–H groups in total. The van der Waals surface area contributed by atoms with E-state index < -0.39 is 0 Å². The molecule has 3 fully saturated rings. The Labute approximate surface area is 143 Å². The van der Waals surface area contributed by atoms with E-state index in [1.54, 1.807) is 0 Å². The summed E-state index contributed by atoms with van der Waals surface area (Å²) >= 11 is 0. The lowest BCUT2D eigenvalue weighted by atomic mass is 9.94. The number of carbonyl (C=O) groups excluding carboxylic acids is 1. The summed E-state index contributed by atoms with van der Waals surface area (Å²) in [4.78, 5) is 16.8. The zero-order chi connectivity index (χ0) is 14.9. The number of anilines is 1. The molecule has 3 aliphatic heterocycles. The molecular weight excluding hydrogens is 314 g/mol. The summed E-state index contributed by atoms with van der Waals surface area (Å²) in [6.45, 7) is 3.68. The Bertz CT molecular complexity index is 534. The van der Waals surface area contributed by atoms with Crippen molar-refractivity contribution in [3.05, 3.63) is 17.8 Å². The van der Waals surface area contributed by atoms with Crippen LogP contribution in [0.4, 0.5) is 5.82 Å². The third-order valence-electron chi connectivity index (χ3n) is 5.04. The highest BCUT2D eigenvalue weighted by atomic mass is 35.5. The monoisotopic (exact) mass is 337 g/mol. The minimum absolute atomic E-state index is 0. The average molecular weight is 338 g/mol. The summed E-state index contributed by atoms with van der Waals surface area (Å²) in [5.41, 5.74) is 0.475. The van der Waals surface area contributed by atoms with Crippen molar-refractivity contribution >= 4 is 24.1 Å². The van der Waals surface area contributed by atoms with E-state index in [1.807, 2.05) is 17.0 Å². The lowest BCUT2D eigenvalue weighted by molar-refractivity contribution is 0.0601. The van der Waals surface area contributed by atoms with E-state index in [-0.39, 0.29) is 18.3 Å². The molecule has 23 heavy (non-hydrogen) atoms. The third kappa shape index (κ3) is 3.43. The van der Waals surface area contributed by atoms with Crippen LogP contribution in [-0.4, -0.2) is 59.3 Å². The van der Waals surface area contributed by atoms with Gasteiger partial charge in [-0.05, 0) is 37.8 Å². The number of nitrogens with zero attached hydrogens (tertiary/aromatic N) is 4. The Balaban J connectivity index is 0.00000156. The molecule has 4 heterocycles. The maximum Gasteiger partial charge on any atom is 0.274 e. The van der Waals surface area contributed by atoms with E-state index in [4.69, 9.17) is 0 Å². The van der Waals surface area contributed by atoms with Gasteiger partial charge in [0.1, 0.15) is 0 Å². The molecule has 0 saturated carbocycles. The van der Waals surface area contributed by atoms with Crippen molar-refractivity contribution < 1.29 is 4.79 Å². The van der Waals surface area contributed by atoms with Crippen molar-refractivity contribution in [2.24, 2.45) is 0 Å². The van der Waals surface area contributed by atoms with Gasteiger partial charge in [-0.2, -0.15) is 0 Å². The molecule has 2 atom stereocenters. The molecule has 4 rings (SSSR count). The molecule has 7 heteroatoms. The van der Waals surface area contributed by atoms with Gasteiger partial charge < -0.3 is 15.1 Å². The maximum absolute atomic E-state index is 12.6. The molecule has 0 aromatic carbocycles. The molecule has 1 amide bonds. The van der Waals surface area contributed by atoms with Crippen LogP contribution in [0.2, 0.25) is 0 Å². The van der Waals surface area contributed by atoms with Crippen LogP contribution in [0.25, 0.3) is 0 Å². The zero-order valence-corrected chi connectivity index (χ0v) is 14.1. The van der Waals surface area contributed by atoms with Crippen LogP contribution >= 0.6 is 12.4 Å². The van der Waals surface area contributed by atoms with Gasteiger partial charge in [0.05, 0.1) is 0 Å². The molecule has 0 spiro atoms. The van der Waals surface area contributed by atoms with Gasteiger partial charge in [-0.15, -0.1) is 22.6 Å². The molecule has 1 aromatic rings. The Kier molecular flexibility index (Phi) is 5.02. The van der Waals surface area contributed by atoms with E-state index >= 15 is 0 Å². The molecule has 2 bridgehead atoms. The van der Waals surface area contributed by atoms with Crippen LogP contribution in [0.3, 0.4) is 0 Å². The van der Waals surface area contributed by atoms with Gasteiger partial charge in [0.25, 0.3) is 5.91 Å². The van der Waals surface area contributed by atoms with E-state index in [0.717, 1.165) is 32.0 Å². The minimum Gasteiger partial charge on any atom is -0.355 e. The predicted molar refractivity (Wildman–Crippen MR) is 91.2 cm³/mol. The maximum atomic E-state index is 12.6. The van der Waals surface area contributed by atoms with Gasteiger partial charge in [-0.25, -0.2) is 0 Å². The number of amides is 1. The Hall–Kier alpha value is -1.40. The molecule has 126 valence electrons. The lowest BCUT2D eigenvalue weighted by Gasteiger charge is -2.42. The fourth-order valence-electron chi connectivity index (χ4n) is 3.89. The summed E-state index contributed by atoms with van der Waals surface area (Å²) < 4.78 is 0. The van der Waals surface area contributed by atoms with E-state index in [1.165, 1.54) is 32.1 Å². The van der Waals surface area contributed by atoms with Gasteiger partial charge in [0.15, 0.2) is 11.5 Å². The van der Waals surface area contributed by atoms with Crippen molar-refractivity contribution in [1.82, 2.24) is 20.4 Å². The second-order valence-electron chi connectivity index (χ2n) is 6.67.